The molecule has 2 aliphatic rings. The van der Waals surface area contributed by atoms with Crippen LogP contribution in [0, 0.1) is 0 Å². The van der Waals surface area contributed by atoms with Gasteiger partial charge in [0, 0.05) is 32.2 Å². The van der Waals surface area contributed by atoms with E-state index < -0.39 is 0 Å². The Hall–Kier alpha value is -1.39. The molecule has 1 unspecified atom stereocenters. The summed E-state index contributed by atoms with van der Waals surface area (Å²) in [5.74, 6) is 0.270. The molecule has 4 nitrogen and oxygen atoms in total. The second-order valence-corrected chi connectivity index (χ2v) is 6.17. The van der Waals surface area contributed by atoms with E-state index in [9.17, 15) is 4.79 Å². The molecule has 0 aliphatic carbocycles. The molecule has 1 N–H and O–H groups in total. The van der Waals surface area contributed by atoms with Crippen LogP contribution in [-0.4, -0.2) is 54.0 Å². The Labute approximate surface area is 127 Å². The van der Waals surface area contributed by atoms with Crippen molar-refractivity contribution in [3.05, 3.63) is 35.4 Å². The molecule has 1 amide bonds. The minimum Gasteiger partial charge on any atom is -0.338 e. The van der Waals surface area contributed by atoms with Crippen LogP contribution in [0.25, 0.3) is 0 Å². The van der Waals surface area contributed by atoms with Gasteiger partial charge in [-0.05, 0) is 31.0 Å². The summed E-state index contributed by atoms with van der Waals surface area (Å²) in [4.78, 5) is 17.2. The third kappa shape index (κ3) is 2.97. The average Bonchev–Trinajstić information content (AvgIpc) is 2.53. The van der Waals surface area contributed by atoms with Crippen molar-refractivity contribution >= 4 is 5.91 Å². The van der Waals surface area contributed by atoms with Gasteiger partial charge in [0.15, 0.2) is 0 Å². The van der Waals surface area contributed by atoms with Crippen molar-refractivity contribution in [2.24, 2.45) is 0 Å². The van der Waals surface area contributed by atoms with Crippen molar-refractivity contribution in [1.29, 1.82) is 0 Å². The summed E-state index contributed by atoms with van der Waals surface area (Å²) in [6.45, 7) is 8.98. The molecular weight excluding hydrogens is 262 g/mol. The van der Waals surface area contributed by atoms with E-state index in [-0.39, 0.29) is 11.9 Å². The quantitative estimate of drug-likeness (QED) is 0.889. The lowest BCUT2D eigenvalue weighted by atomic mass is 9.95. The summed E-state index contributed by atoms with van der Waals surface area (Å²) in [7, 11) is 0. The Kier molecular flexibility index (Phi) is 4.27. The Morgan fingerprint density at radius 1 is 1.29 bits per heavy atom. The number of carbonyl (C=O) groups is 1. The molecule has 0 saturated carbocycles. The Bertz CT molecular complexity index is 517. The van der Waals surface area contributed by atoms with Gasteiger partial charge in [-0.3, -0.25) is 9.69 Å². The number of hydrogen-bond donors (Lipinski definition) is 1. The number of hydrogen-bond acceptors (Lipinski definition) is 3. The highest BCUT2D eigenvalue weighted by molar-refractivity contribution is 5.82. The summed E-state index contributed by atoms with van der Waals surface area (Å²) < 4.78 is 0. The first-order valence-electron chi connectivity index (χ1n) is 8.02. The maximum absolute atomic E-state index is 12.7. The zero-order valence-electron chi connectivity index (χ0n) is 13.0. The van der Waals surface area contributed by atoms with Crippen molar-refractivity contribution in [2.45, 2.75) is 38.9 Å². The van der Waals surface area contributed by atoms with E-state index in [4.69, 9.17) is 0 Å². The van der Waals surface area contributed by atoms with Gasteiger partial charge in [-0.25, -0.2) is 0 Å². The Morgan fingerprint density at radius 3 is 2.76 bits per heavy atom. The molecule has 0 aromatic heterocycles. The molecule has 2 atom stereocenters. The predicted octanol–water partition coefficient (Wildman–Crippen LogP) is 1.25. The van der Waals surface area contributed by atoms with E-state index >= 15 is 0 Å². The molecule has 1 aromatic rings. The number of benzene rings is 1. The maximum atomic E-state index is 12.7. The average molecular weight is 287 g/mol. The SMILES string of the molecule is CCN1CCN(C(=O)[C@H]2Cc3ccccc3CN2)CC1C. The number of carbonyl (C=O) groups excluding carboxylic acids is 1. The molecule has 0 spiro atoms. The molecule has 114 valence electrons. The first-order valence-corrected chi connectivity index (χ1v) is 8.02. The van der Waals surface area contributed by atoms with E-state index in [0.717, 1.165) is 39.1 Å². The van der Waals surface area contributed by atoms with Crippen molar-refractivity contribution in [3.8, 4) is 0 Å². The monoisotopic (exact) mass is 287 g/mol. The van der Waals surface area contributed by atoms with E-state index in [2.05, 4.69) is 48.3 Å². The van der Waals surface area contributed by atoms with Gasteiger partial charge in [-0.2, -0.15) is 0 Å². The van der Waals surface area contributed by atoms with Crippen LogP contribution in [0.5, 0.6) is 0 Å². The summed E-state index contributed by atoms with van der Waals surface area (Å²) >= 11 is 0. The lowest BCUT2D eigenvalue weighted by molar-refractivity contribution is -0.136. The van der Waals surface area contributed by atoms with Crippen LogP contribution >= 0.6 is 0 Å². The molecule has 0 radical (unpaired) electrons. The number of likely N-dealkylation sites (N-methyl/N-ethyl adjacent to an activating group) is 1. The molecule has 1 aromatic carbocycles. The Balaban J connectivity index is 1.65. The summed E-state index contributed by atoms with van der Waals surface area (Å²) in [6, 6.07) is 8.82. The first-order chi connectivity index (χ1) is 10.2. The second-order valence-electron chi connectivity index (χ2n) is 6.17. The second kappa shape index (κ2) is 6.16. The molecule has 21 heavy (non-hydrogen) atoms. The zero-order valence-corrected chi connectivity index (χ0v) is 13.0. The van der Waals surface area contributed by atoms with E-state index in [0.29, 0.717) is 6.04 Å². The predicted molar refractivity (Wildman–Crippen MR) is 84.1 cm³/mol. The fourth-order valence-electron chi connectivity index (χ4n) is 3.51. The lowest BCUT2D eigenvalue weighted by Gasteiger charge is -2.41. The van der Waals surface area contributed by atoms with Crippen LogP contribution in [0.4, 0.5) is 0 Å². The van der Waals surface area contributed by atoms with Crippen LogP contribution in [0.15, 0.2) is 24.3 Å². The van der Waals surface area contributed by atoms with Gasteiger partial charge in [-0.15, -0.1) is 0 Å². The number of piperazine rings is 1. The van der Waals surface area contributed by atoms with Crippen LogP contribution in [0.2, 0.25) is 0 Å². The molecular formula is C17H25N3O. The number of fused-ring (bicyclic) bond motifs is 1. The highest BCUT2D eigenvalue weighted by Gasteiger charge is 2.31. The molecule has 2 heterocycles. The third-order valence-corrected chi connectivity index (χ3v) is 4.86. The number of nitrogens with one attached hydrogen (secondary N) is 1. The van der Waals surface area contributed by atoms with Gasteiger partial charge in [0.05, 0.1) is 6.04 Å². The van der Waals surface area contributed by atoms with Crippen molar-refractivity contribution < 1.29 is 4.79 Å². The molecule has 1 saturated heterocycles. The van der Waals surface area contributed by atoms with Crippen LogP contribution in [0.1, 0.15) is 25.0 Å². The molecule has 3 rings (SSSR count). The van der Waals surface area contributed by atoms with E-state index in [1.807, 2.05) is 4.90 Å². The standard InChI is InChI=1S/C17H25N3O/c1-3-19-8-9-20(12-13(19)2)17(21)16-10-14-6-4-5-7-15(14)11-18-16/h4-7,13,16,18H,3,8-12H2,1-2H3/t13?,16-/m1/s1. The Morgan fingerprint density at radius 2 is 2.05 bits per heavy atom. The highest BCUT2D eigenvalue weighted by Crippen LogP contribution is 2.18. The summed E-state index contributed by atoms with van der Waals surface area (Å²) in [5, 5.41) is 3.41. The van der Waals surface area contributed by atoms with Gasteiger partial charge in [-0.1, -0.05) is 31.2 Å². The van der Waals surface area contributed by atoms with Gasteiger partial charge in [0.1, 0.15) is 0 Å². The molecule has 4 heteroatoms. The molecule has 1 fully saturated rings. The van der Waals surface area contributed by atoms with Crippen molar-refractivity contribution in [2.75, 3.05) is 26.2 Å². The summed E-state index contributed by atoms with van der Waals surface area (Å²) in [5.41, 5.74) is 2.64. The highest BCUT2D eigenvalue weighted by atomic mass is 16.2. The minimum atomic E-state index is -0.0553. The van der Waals surface area contributed by atoms with Gasteiger partial charge in [0.25, 0.3) is 0 Å². The number of nitrogens with zero attached hydrogens (tertiary/aromatic N) is 2. The molecule has 0 bridgehead atoms. The number of amides is 1. The smallest absolute Gasteiger partial charge is 0.240 e. The van der Waals surface area contributed by atoms with E-state index in [1.54, 1.807) is 0 Å². The lowest BCUT2D eigenvalue weighted by Crippen LogP contribution is -2.58. The fourth-order valence-corrected chi connectivity index (χ4v) is 3.51. The van der Waals surface area contributed by atoms with Crippen LogP contribution in [0.3, 0.4) is 0 Å². The van der Waals surface area contributed by atoms with Crippen molar-refractivity contribution in [1.82, 2.24) is 15.1 Å². The molecule has 2 aliphatic heterocycles. The van der Waals surface area contributed by atoms with Crippen molar-refractivity contribution in [3.63, 3.8) is 0 Å². The maximum Gasteiger partial charge on any atom is 0.240 e. The normalized spacial score (nSPS) is 26.5. The van der Waals surface area contributed by atoms with Gasteiger partial charge >= 0.3 is 0 Å². The fraction of sp³-hybridized carbons (Fsp3) is 0.588. The topological polar surface area (TPSA) is 35.6 Å². The third-order valence-electron chi connectivity index (χ3n) is 4.86. The largest absolute Gasteiger partial charge is 0.338 e. The van der Waals surface area contributed by atoms with Crippen LogP contribution < -0.4 is 5.32 Å². The van der Waals surface area contributed by atoms with Gasteiger partial charge < -0.3 is 10.2 Å². The zero-order chi connectivity index (χ0) is 14.8. The van der Waals surface area contributed by atoms with Crippen LogP contribution in [-0.2, 0) is 17.8 Å². The van der Waals surface area contributed by atoms with Gasteiger partial charge in [0.2, 0.25) is 5.91 Å². The summed E-state index contributed by atoms with van der Waals surface area (Å²) in [6.07, 6.45) is 0.817. The van der Waals surface area contributed by atoms with E-state index in [1.165, 1.54) is 11.1 Å². The minimum absolute atomic E-state index is 0.0553. The first kappa shape index (κ1) is 14.5. The number of rotatable bonds is 2.